The predicted molar refractivity (Wildman–Crippen MR) is 63.8 cm³/mol. The summed E-state index contributed by atoms with van der Waals surface area (Å²) in [6, 6.07) is 2.10. The third-order valence-electron chi connectivity index (χ3n) is 2.43. The number of rotatable bonds is 2. The zero-order chi connectivity index (χ0) is 11.5. The van der Waals surface area contributed by atoms with Crippen LogP contribution >= 0.6 is 0 Å². The van der Waals surface area contributed by atoms with Crippen LogP contribution in [0.1, 0.15) is 25.3 Å². The number of pyridine rings is 1. The van der Waals surface area contributed by atoms with Crippen molar-refractivity contribution in [3.8, 4) is 11.1 Å². The van der Waals surface area contributed by atoms with Crippen LogP contribution in [0.25, 0.3) is 11.1 Å². The van der Waals surface area contributed by atoms with E-state index in [9.17, 15) is 0 Å². The van der Waals surface area contributed by atoms with Gasteiger partial charge in [-0.15, -0.1) is 0 Å². The zero-order valence-corrected chi connectivity index (χ0v) is 9.38. The molecule has 4 nitrogen and oxygen atoms in total. The monoisotopic (exact) mass is 214 g/mol. The molecule has 0 aliphatic carbocycles. The molecule has 0 unspecified atom stereocenters. The lowest BCUT2D eigenvalue weighted by atomic mass is 10.0. The van der Waals surface area contributed by atoms with Gasteiger partial charge in [0.15, 0.2) is 0 Å². The van der Waals surface area contributed by atoms with E-state index in [0.717, 1.165) is 11.1 Å². The standard InChI is InChI=1S/C12H14N4/c1-8(2)9-3-10(5-14-4-9)11-6-15-12(13)16-7-11/h3-8H,1-2H3,(H2,13,15,16). The molecule has 0 aliphatic rings. The molecular weight excluding hydrogens is 200 g/mol. The SMILES string of the molecule is CC(C)c1cncc(-c2cnc(N)nc2)c1. The Bertz CT molecular complexity index is 477. The van der Waals surface area contributed by atoms with Crippen LogP contribution in [0.2, 0.25) is 0 Å². The smallest absolute Gasteiger partial charge is 0.219 e. The minimum Gasteiger partial charge on any atom is -0.368 e. The van der Waals surface area contributed by atoms with Gasteiger partial charge in [0.2, 0.25) is 5.95 Å². The van der Waals surface area contributed by atoms with E-state index in [1.165, 1.54) is 5.56 Å². The fraction of sp³-hybridized carbons (Fsp3) is 0.250. The highest BCUT2D eigenvalue weighted by atomic mass is 15.0. The normalized spacial score (nSPS) is 10.7. The van der Waals surface area contributed by atoms with Gasteiger partial charge in [-0.25, -0.2) is 9.97 Å². The van der Waals surface area contributed by atoms with Crippen LogP contribution in [0.15, 0.2) is 30.9 Å². The molecule has 2 rings (SSSR count). The van der Waals surface area contributed by atoms with E-state index in [4.69, 9.17) is 5.73 Å². The van der Waals surface area contributed by atoms with Crippen molar-refractivity contribution in [1.82, 2.24) is 15.0 Å². The molecule has 4 heteroatoms. The summed E-state index contributed by atoms with van der Waals surface area (Å²) in [5.41, 5.74) is 8.60. The van der Waals surface area contributed by atoms with Gasteiger partial charge in [0.05, 0.1) is 0 Å². The molecular formula is C12H14N4. The molecule has 0 radical (unpaired) electrons. The Morgan fingerprint density at radius 2 is 1.69 bits per heavy atom. The van der Waals surface area contributed by atoms with Crippen LogP contribution in [-0.2, 0) is 0 Å². The molecule has 2 aromatic rings. The first-order valence-electron chi connectivity index (χ1n) is 5.19. The minimum atomic E-state index is 0.289. The number of nitrogen functional groups attached to an aromatic ring is 1. The first-order chi connectivity index (χ1) is 7.66. The van der Waals surface area contributed by atoms with E-state index in [1.807, 2.05) is 6.20 Å². The lowest BCUT2D eigenvalue weighted by molar-refractivity contribution is 0.858. The molecule has 82 valence electrons. The highest BCUT2D eigenvalue weighted by Crippen LogP contribution is 2.21. The average Bonchev–Trinajstić information content (AvgIpc) is 2.30. The molecule has 0 atom stereocenters. The summed E-state index contributed by atoms with van der Waals surface area (Å²) >= 11 is 0. The molecule has 2 heterocycles. The van der Waals surface area contributed by atoms with Gasteiger partial charge in [-0.1, -0.05) is 13.8 Å². The van der Waals surface area contributed by atoms with Gasteiger partial charge in [-0.2, -0.15) is 0 Å². The molecule has 2 N–H and O–H groups in total. The topological polar surface area (TPSA) is 64.7 Å². The first-order valence-corrected chi connectivity index (χ1v) is 5.19. The molecule has 0 saturated heterocycles. The van der Waals surface area contributed by atoms with Gasteiger partial charge in [0.1, 0.15) is 0 Å². The van der Waals surface area contributed by atoms with Crippen LogP contribution in [0.3, 0.4) is 0 Å². The fourth-order valence-corrected chi connectivity index (χ4v) is 1.42. The Balaban J connectivity index is 2.40. The quantitative estimate of drug-likeness (QED) is 0.832. The Morgan fingerprint density at radius 1 is 1.00 bits per heavy atom. The van der Waals surface area contributed by atoms with Gasteiger partial charge >= 0.3 is 0 Å². The Labute approximate surface area is 94.6 Å². The molecule has 2 aromatic heterocycles. The number of hydrogen-bond donors (Lipinski definition) is 1. The number of nitrogens with zero attached hydrogens (tertiary/aromatic N) is 3. The third kappa shape index (κ3) is 2.16. The van der Waals surface area contributed by atoms with Gasteiger partial charge in [0.25, 0.3) is 0 Å². The Morgan fingerprint density at radius 3 is 2.31 bits per heavy atom. The van der Waals surface area contributed by atoms with Crippen LogP contribution in [0, 0.1) is 0 Å². The summed E-state index contributed by atoms with van der Waals surface area (Å²) in [7, 11) is 0. The lowest BCUT2D eigenvalue weighted by Gasteiger charge is -2.07. The maximum absolute atomic E-state index is 5.45. The number of hydrogen-bond acceptors (Lipinski definition) is 4. The average molecular weight is 214 g/mol. The van der Waals surface area contributed by atoms with Crippen LogP contribution in [0.5, 0.6) is 0 Å². The summed E-state index contributed by atoms with van der Waals surface area (Å²) in [5, 5.41) is 0. The van der Waals surface area contributed by atoms with E-state index in [1.54, 1.807) is 18.6 Å². The fourth-order valence-electron chi connectivity index (χ4n) is 1.42. The van der Waals surface area contributed by atoms with Crippen molar-refractivity contribution in [1.29, 1.82) is 0 Å². The first kappa shape index (κ1) is 10.5. The summed E-state index contributed by atoms with van der Waals surface area (Å²) in [4.78, 5) is 12.2. The van der Waals surface area contributed by atoms with Crippen LogP contribution in [0.4, 0.5) is 5.95 Å². The largest absolute Gasteiger partial charge is 0.368 e. The van der Waals surface area contributed by atoms with Crippen molar-refractivity contribution in [2.24, 2.45) is 0 Å². The zero-order valence-electron chi connectivity index (χ0n) is 9.38. The van der Waals surface area contributed by atoms with Crippen molar-refractivity contribution in [2.45, 2.75) is 19.8 Å². The van der Waals surface area contributed by atoms with Crippen LogP contribution in [-0.4, -0.2) is 15.0 Å². The second-order valence-corrected chi connectivity index (χ2v) is 3.99. The van der Waals surface area contributed by atoms with Gasteiger partial charge in [-0.3, -0.25) is 4.98 Å². The van der Waals surface area contributed by atoms with Crippen molar-refractivity contribution in [3.63, 3.8) is 0 Å². The summed E-state index contributed by atoms with van der Waals surface area (Å²) in [6.07, 6.45) is 7.11. The summed E-state index contributed by atoms with van der Waals surface area (Å²) < 4.78 is 0. The van der Waals surface area contributed by atoms with E-state index in [2.05, 4.69) is 34.9 Å². The predicted octanol–water partition coefficient (Wildman–Crippen LogP) is 2.24. The molecule has 0 aromatic carbocycles. The van der Waals surface area contributed by atoms with Gasteiger partial charge in [0, 0.05) is 35.9 Å². The van der Waals surface area contributed by atoms with Crippen molar-refractivity contribution in [2.75, 3.05) is 5.73 Å². The molecule has 0 amide bonds. The molecule has 0 fully saturated rings. The molecule has 16 heavy (non-hydrogen) atoms. The summed E-state index contributed by atoms with van der Waals surface area (Å²) in [5.74, 6) is 0.749. The van der Waals surface area contributed by atoms with E-state index in [-0.39, 0.29) is 5.95 Å². The maximum atomic E-state index is 5.45. The molecule has 0 spiro atoms. The van der Waals surface area contributed by atoms with Crippen molar-refractivity contribution in [3.05, 3.63) is 36.4 Å². The van der Waals surface area contributed by atoms with E-state index in [0.29, 0.717) is 5.92 Å². The van der Waals surface area contributed by atoms with Crippen LogP contribution < -0.4 is 5.73 Å². The van der Waals surface area contributed by atoms with Crippen molar-refractivity contribution >= 4 is 5.95 Å². The second kappa shape index (κ2) is 4.26. The minimum absolute atomic E-state index is 0.289. The van der Waals surface area contributed by atoms with Crippen molar-refractivity contribution < 1.29 is 0 Å². The molecule has 0 bridgehead atoms. The maximum Gasteiger partial charge on any atom is 0.219 e. The summed E-state index contributed by atoms with van der Waals surface area (Å²) in [6.45, 7) is 4.28. The van der Waals surface area contributed by atoms with E-state index >= 15 is 0 Å². The Kier molecular flexibility index (Phi) is 2.81. The number of nitrogens with two attached hydrogens (primary N) is 1. The molecule has 0 aliphatic heterocycles. The van der Waals surface area contributed by atoms with E-state index < -0.39 is 0 Å². The highest BCUT2D eigenvalue weighted by molar-refractivity contribution is 5.61. The Hall–Kier alpha value is -1.97. The number of anilines is 1. The molecule has 0 saturated carbocycles. The highest BCUT2D eigenvalue weighted by Gasteiger charge is 2.03. The number of aromatic nitrogens is 3. The lowest BCUT2D eigenvalue weighted by Crippen LogP contribution is -1.95. The second-order valence-electron chi connectivity index (χ2n) is 3.99. The third-order valence-corrected chi connectivity index (χ3v) is 2.43. The van der Waals surface area contributed by atoms with Gasteiger partial charge < -0.3 is 5.73 Å². The van der Waals surface area contributed by atoms with Gasteiger partial charge in [-0.05, 0) is 17.5 Å².